The molecule has 0 saturated carbocycles. The molecule has 1 aromatic heterocycles. The Hall–Kier alpha value is -1.82. The van der Waals surface area contributed by atoms with Crippen LogP contribution < -0.4 is 5.32 Å². The average molecular weight is 393 g/mol. The molecule has 2 rings (SSSR count). The lowest BCUT2D eigenvalue weighted by Crippen LogP contribution is -2.38. The minimum atomic E-state index is -0.0384. The van der Waals surface area contributed by atoms with Crippen LogP contribution in [0.15, 0.2) is 44.3 Å². The van der Waals surface area contributed by atoms with Gasteiger partial charge in [0.25, 0.3) is 0 Å². The summed E-state index contributed by atoms with van der Waals surface area (Å²) in [6.45, 7) is 7.57. The number of nitrogens with one attached hydrogen (secondary N) is 1. The summed E-state index contributed by atoms with van der Waals surface area (Å²) in [7, 11) is 3.78. The van der Waals surface area contributed by atoms with Crippen molar-refractivity contribution in [2.24, 2.45) is 4.99 Å². The van der Waals surface area contributed by atoms with Crippen molar-refractivity contribution in [2.45, 2.75) is 39.3 Å². The van der Waals surface area contributed by atoms with E-state index in [0.29, 0.717) is 12.4 Å². The van der Waals surface area contributed by atoms with Crippen LogP contribution in [0.2, 0.25) is 0 Å². The molecule has 0 saturated heterocycles. The van der Waals surface area contributed by atoms with Crippen molar-refractivity contribution in [1.29, 1.82) is 0 Å². The third-order valence-electron chi connectivity index (χ3n) is 3.63. The summed E-state index contributed by atoms with van der Waals surface area (Å²) in [6, 6.07) is 8.18. The molecule has 1 heterocycles. The SMILES string of the molecule is CN=C(NCc1ncc(C(C)(C)C)o1)N(C)Cc1ccccc1Br. The molecule has 130 valence electrons. The first-order chi connectivity index (χ1) is 11.3. The second-order valence-electron chi connectivity index (χ2n) is 6.72. The number of rotatable bonds is 4. The maximum absolute atomic E-state index is 5.81. The standard InChI is InChI=1S/C18H25BrN4O/c1-18(2,3)15-10-21-16(24-15)11-22-17(20-4)23(5)12-13-8-6-7-9-14(13)19/h6-10H,11-12H2,1-5H3,(H,20,22). The fourth-order valence-electron chi connectivity index (χ4n) is 2.24. The summed E-state index contributed by atoms with van der Waals surface area (Å²) in [5.74, 6) is 2.34. The van der Waals surface area contributed by atoms with Gasteiger partial charge in [0.05, 0.1) is 12.7 Å². The van der Waals surface area contributed by atoms with Crippen LogP contribution in [0.5, 0.6) is 0 Å². The van der Waals surface area contributed by atoms with Crippen molar-refractivity contribution in [1.82, 2.24) is 15.2 Å². The van der Waals surface area contributed by atoms with Crippen molar-refractivity contribution in [2.75, 3.05) is 14.1 Å². The van der Waals surface area contributed by atoms with Crippen LogP contribution in [0, 0.1) is 0 Å². The van der Waals surface area contributed by atoms with Crippen LogP contribution in [0.1, 0.15) is 38.0 Å². The molecule has 0 spiro atoms. The van der Waals surface area contributed by atoms with Gasteiger partial charge in [-0.2, -0.15) is 0 Å². The second kappa shape index (κ2) is 7.83. The quantitative estimate of drug-likeness (QED) is 0.632. The fourth-order valence-corrected chi connectivity index (χ4v) is 2.65. The van der Waals surface area contributed by atoms with E-state index in [1.807, 2.05) is 25.2 Å². The highest BCUT2D eigenvalue weighted by atomic mass is 79.9. The highest BCUT2D eigenvalue weighted by Crippen LogP contribution is 2.22. The van der Waals surface area contributed by atoms with Crippen LogP contribution in [0.3, 0.4) is 0 Å². The van der Waals surface area contributed by atoms with E-state index in [9.17, 15) is 0 Å². The number of hydrogen-bond acceptors (Lipinski definition) is 3. The highest BCUT2D eigenvalue weighted by molar-refractivity contribution is 9.10. The monoisotopic (exact) mass is 392 g/mol. The predicted octanol–water partition coefficient (Wildman–Crippen LogP) is 3.94. The van der Waals surface area contributed by atoms with E-state index >= 15 is 0 Å². The molecule has 0 fully saturated rings. The molecular formula is C18H25BrN4O. The van der Waals surface area contributed by atoms with Crippen molar-refractivity contribution < 1.29 is 4.42 Å². The zero-order valence-electron chi connectivity index (χ0n) is 14.9. The Morgan fingerprint density at radius 1 is 1.33 bits per heavy atom. The lowest BCUT2D eigenvalue weighted by atomic mass is 9.94. The Morgan fingerprint density at radius 3 is 2.62 bits per heavy atom. The largest absolute Gasteiger partial charge is 0.443 e. The normalized spacial score (nSPS) is 12.3. The van der Waals surface area contributed by atoms with Gasteiger partial charge in [0.15, 0.2) is 5.96 Å². The summed E-state index contributed by atoms with van der Waals surface area (Å²) in [6.07, 6.45) is 1.80. The summed E-state index contributed by atoms with van der Waals surface area (Å²) in [5.41, 5.74) is 1.16. The van der Waals surface area contributed by atoms with Crippen LogP contribution in [-0.4, -0.2) is 29.9 Å². The van der Waals surface area contributed by atoms with E-state index in [4.69, 9.17) is 4.42 Å². The average Bonchev–Trinajstić information content (AvgIpc) is 2.99. The molecule has 0 amide bonds. The zero-order chi connectivity index (χ0) is 17.7. The number of nitrogens with zero attached hydrogens (tertiary/aromatic N) is 3. The molecule has 0 bridgehead atoms. The summed E-state index contributed by atoms with van der Waals surface area (Å²) >= 11 is 3.58. The minimum Gasteiger partial charge on any atom is -0.443 e. The highest BCUT2D eigenvalue weighted by Gasteiger charge is 2.19. The van der Waals surface area contributed by atoms with Crippen molar-refractivity contribution >= 4 is 21.9 Å². The number of halogens is 1. The van der Waals surface area contributed by atoms with Gasteiger partial charge in [-0.15, -0.1) is 0 Å². The molecule has 0 unspecified atom stereocenters. The molecule has 0 aliphatic carbocycles. The Kier molecular flexibility index (Phi) is 6.04. The lowest BCUT2D eigenvalue weighted by molar-refractivity contribution is 0.376. The molecular weight excluding hydrogens is 368 g/mol. The van der Waals surface area contributed by atoms with Crippen LogP contribution in [0.4, 0.5) is 0 Å². The van der Waals surface area contributed by atoms with E-state index in [1.165, 1.54) is 5.56 Å². The topological polar surface area (TPSA) is 53.7 Å². The van der Waals surface area contributed by atoms with Gasteiger partial charge >= 0.3 is 0 Å². The van der Waals surface area contributed by atoms with Crippen LogP contribution in [-0.2, 0) is 18.5 Å². The van der Waals surface area contributed by atoms with Crippen molar-refractivity contribution in [3.8, 4) is 0 Å². The Morgan fingerprint density at radius 2 is 2.04 bits per heavy atom. The van der Waals surface area contributed by atoms with Gasteiger partial charge < -0.3 is 14.6 Å². The fraction of sp³-hybridized carbons (Fsp3) is 0.444. The summed E-state index contributed by atoms with van der Waals surface area (Å²) in [4.78, 5) is 10.7. The Bertz CT molecular complexity index is 703. The number of aliphatic imine (C=N–C) groups is 1. The van der Waals surface area contributed by atoms with E-state index in [-0.39, 0.29) is 5.41 Å². The summed E-state index contributed by atoms with van der Waals surface area (Å²) in [5, 5.41) is 3.29. The third-order valence-corrected chi connectivity index (χ3v) is 4.40. The van der Waals surface area contributed by atoms with E-state index < -0.39 is 0 Å². The molecule has 2 aromatic rings. The van der Waals surface area contributed by atoms with Gasteiger partial charge in [-0.05, 0) is 11.6 Å². The molecule has 0 radical (unpaired) electrons. The van der Waals surface area contributed by atoms with Gasteiger partial charge in [0.2, 0.25) is 5.89 Å². The number of aromatic nitrogens is 1. The van der Waals surface area contributed by atoms with Crippen LogP contribution in [0.25, 0.3) is 0 Å². The van der Waals surface area contributed by atoms with E-state index in [2.05, 4.69) is 63.0 Å². The molecule has 0 atom stereocenters. The number of hydrogen-bond donors (Lipinski definition) is 1. The zero-order valence-corrected chi connectivity index (χ0v) is 16.5. The third kappa shape index (κ3) is 4.84. The van der Waals surface area contributed by atoms with Crippen molar-refractivity contribution in [3.05, 3.63) is 52.1 Å². The molecule has 24 heavy (non-hydrogen) atoms. The molecule has 6 heteroatoms. The van der Waals surface area contributed by atoms with E-state index in [1.54, 1.807) is 13.2 Å². The number of oxazole rings is 1. The summed E-state index contributed by atoms with van der Waals surface area (Å²) < 4.78 is 6.90. The first-order valence-corrected chi connectivity index (χ1v) is 8.71. The van der Waals surface area contributed by atoms with Gasteiger partial charge in [-0.1, -0.05) is 54.9 Å². The Balaban J connectivity index is 1.97. The first-order valence-electron chi connectivity index (χ1n) is 7.91. The molecule has 1 N–H and O–H groups in total. The second-order valence-corrected chi connectivity index (χ2v) is 7.57. The number of benzene rings is 1. The Labute approximate surface area is 152 Å². The van der Waals surface area contributed by atoms with Crippen LogP contribution >= 0.6 is 15.9 Å². The van der Waals surface area contributed by atoms with Gasteiger partial charge in [0, 0.05) is 30.5 Å². The molecule has 5 nitrogen and oxygen atoms in total. The van der Waals surface area contributed by atoms with Gasteiger partial charge in [0.1, 0.15) is 5.76 Å². The number of guanidine groups is 1. The predicted molar refractivity (Wildman–Crippen MR) is 101 cm³/mol. The molecule has 1 aromatic carbocycles. The van der Waals surface area contributed by atoms with Gasteiger partial charge in [-0.3, -0.25) is 4.99 Å². The lowest BCUT2D eigenvalue weighted by Gasteiger charge is -2.22. The maximum Gasteiger partial charge on any atom is 0.213 e. The van der Waals surface area contributed by atoms with Gasteiger partial charge in [-0.25, -0.2) is 4.98 Å². The smallest absolute Gasteiger partial charge is 0.213 e. The molecule has 0 aliphatic heterocycles. The maximum atomic E-state index is 5.81. The van der Waals surface area contributed by atoms with E-state index in [0.717, 1.165) is 22.7 Å². The first kappa shape index (κ1) is 18.5. The minimum absolute atomic E-state index is 0.0384. The molecule has 0 aliphatic rings. The van der Waals surface area contributed by atoms with Crippen molar-refractivity contribution in [3.63, 3.8) is 0 Å².